The molecule has 1 aromatic rings. The molecule has 2 fully saturated rings. The fourth-order valence-corrected chi connectivity index (χ4v) is 5.08. The lowest BCUT2D eigenvalue weighted by Crippen LogP contribution is -2.37. The van der Waals surface area contributed by atoms with E-state index in [-0.39, 0.29) is 22.8 Å². The number of amides is 1. The number of anilines is 1. The monoisotopic (exact) mass is 367 g/mol. The van der Waals surface area contributed by atoms with Crippen molar-refractivity contribution in [3.63, 3.8) is 0 Å². The lowest BCUT2D eigenvalue weighted by atomic mass is 10.1. The second kappa shape index (κ2) is 6.99. The number of carbonyl (C=O) groups is 1. The molecule has 1 amide bonds. The quantitative estimate of drug-likeness (QED) is 0.638. The first-order valence-corrected chi connectivity index (χ1v) is 10.2. The molecule has 1 N–H and O–H groups in total. The van der Waals surface area contributed by atoms with Crippen molar-refractivity contribution in [2.75, 3.05) is 29.5 Å². The van der Waals surface area contributed by atoms with E-state index in [2.05, 4.69) is 10.2 Å². The van der Waals surface area contributed by atoms with Crippen molar-refractivity contribution < 1.29 is 18.1 Å². The van der Waals surface area contributed by atoms with Crippen molar-refractivity contribution in [2.24, 2.45) is 0 Å². The standard InChI is InChI=1S/C16H21N3O5S/c20-16(17-12-6-9-25(23,24)11-12)14-10-13(19(21)22)4-5-15(14)18-7-2-1-3-8-18/h4-5,10,12H,1-3,6-9,11H2,(H,17,20). The van der Waals surface area contributed by atoms with Crippen LogP contribution in [0.1, 0.15) is 36.0 Å². The number of nitro groups is 1. The van der Waals surface area contributed by atoms with Crippen LogP contribution in [0.2, 0.25) is 0 Å². The van der Waals surface area contributed by atoms with E-state index in [0.717, 1.165) is 32.4 Å². The van der Waals surface area contributed by atoms with Gasteiger partial charge in [-0.15, -0.1) is 0 Å². The number of hydrogen-bond acceptors (Lipinski definition) is 6. The highest BCUT2D eigenvalue weighted by Crippen LogP contribution is 2.28. The number of carbonyl (C=O) groups excluding carboxylic acids is 1. The third kappa shape index (κ3) is 4.09. The predicted molar refractivity (Wildman–Crippen MR) is 93.7 cm³/mol. The van der Waals surface area contributed by atoms with Gasteiger partial charge in [-0.1, -0.05) is 0 Å². The summed E-state index contributed by atoms with van der Waals surface area (Å²) < 4.78 is 23.1. The maximum atomic E-state index is 12.7. The molecule has 0 spiro atoms. The zero-order valence-corrected chi connectivity index (χ0v) is 14.6. The Morgan fingerprint density at radius 2 is 1.96 bits per heavy atom. The molecular weight excluding hydrogens is 346 g/mol. The molecule has 1 unspecified atom stereocenters. The van der Waals surface area contributed by atoms with Crippen molar-refractivity contribution in [2.45, 2.75) is 31.7 Å². The van der Waals surface area contributed by atoms with Gasteiger partial charge in [-0.25, -0.2) is 8.42 Å². The molecule has 9 heteroatoms. The summed E-state index contributed by atoms with van der Waals surface area (Å²) in [7, 11) is -3.11. The number of hydrogen-bond donors (Lipinski definition) is 1. The fourth-order valence-electron chi connectivity index (χ4n) is 3.40. The number of non-ortho nitro benzene ring substituents is 1. The van der Waals surface area contributed by atoms with Gasteiger partial charge in [0, 0.05) is 31.3 Å². The number of piperidine rings is 1. The summed E-state index contributed by atoms with van der Waals surface area (Å²) in [5, 5.41) is 13.8. The molecule has 3 rings (SSSR count). The highest BCUT2D eigenvalue weighted by Gasteiger charge is 2.30. The SMILES string of the molecule is O=C(NC1CCS(=O)(=O)C1)c1cc([N+](=O)[O-])ccc1N1CCCCC1. The summed E-state index contributed by atoms with van der Waals surface area (Å²) in [5.41, 5.74) is 0.758. The minimum absolute atomic E-state index is 0.0614. The molecule has 2 aliphatic rings. The average Bonchev–Trinajstić information content (AvgIpc) is 2.93. The Morgan fingerprint density at radius 3 is 2.56 bits per heavy atom. The van der Waals surface area contributed by atoms with Gasteiger partial charge in [0.15, 0.2) is 9.84 Å². The van der Waals surface area contributed by atoms with Crippen molar-refractivity contribution >= 4 is 27.1 Å². The van der Waals surface area contributed by atoms with Crippen LogP contribution in [0.25, 0.3) is 0 Å². The van der Waals surface area contributed by atoms with Crippen LogP contribution in [0.4, 0.5) is 11.4 Å². The first-order valence-electron chi connectivity index (χ1n) is 8.40. The molecule has 0 saturated carbocycles. The molecule has 8 nitrogen and oxygen atoms in total. The number of rotatable bonds is 4. The molecule has 2 heterocycles. The van der Waals surface area contributed by atoms with Crippen molar-refractivity contribution in [3.8, 4) is 0 Å². The Labute approximate surface area is 146 Å². The zero-order valence-electron chi connectivity index (χ0n) is 13.8. The molecule has 0 bridgehead atoms. The maximum Gasteiger partial charge on any atom is 0.270 e. The van der Waals surface area contributed by atoms with Gasteiger partial charge >= 0.3 is 0 Å². The first-order chi connectivity index (χ1) is 11.9. The molecule has 2 saturated heterocycles. The van der Waals surface area contributed by atoms with Crippen LogP contribution in [-0.4, -0.2) is 49.9 Å². The summed E-state index contributed by atoms with van der Waals surface area (Å²) >= 11 is 0. The van der Waals surface area contributed by atoms with E-state index in [1.54, 1.807) is 6.07 Å². The number of nitrogens with one attached hydrogen (secondary N) is 1. The van der Waals surface area contributed by atoms with Crippen molar-refractivity contribution in [1.82, 2.24) is 5.32 Å². The summed E-state index contributed by atoms with van der Waals surface area (Å²) in [6.07, 6.45) is 3.53. The van der Waals surface area contributed by atoms with E-state index in [9.17, 15) is 23.3 Å². The van der Waals surface area contributed by atoms with Gasteiger partial charge in [-0.3, -0.25) is 14.9 Å². The zero-order chi connectivity index (χ0) is 18.0. The van der Waals surface area contributed by atoms with Gasteiger partial charge in [-0.05, 0) is 31.7 Å². The van der Waals surface area contributed by atoms with Crippen LogP contribution >= 0.6 is 0 Å². The second-order valence-corrected chi connectivity index (χ2v) is 8.81. The Morgan fingerprint density at radius 1 is 1.24 bits per heavy atom. The van der Waals surface area contributed by atoms with Gasteiger partial charge in [0.1, 0.15) is 0 Å². The Kier molecular flexibility index (Phi) is 4.94. The molecule has 136 valence electrons. The van der Waals surface area contributed by atoms with Gasteiger partial charge < -0.3 is 10.2 Å². The lowest BCUT2D eigenvalue weighted by molar-refractivity contribution is -0.384. The topological polar surface area (TPSA) is 110 Å². The van der Waals surface area contributed by atoms with Crippen LogP contribution in [0.3, 0.4) is 0 Å². The summed E-state index contributed by atoms with van der Waals surface area (Å²) in [6.45, 7) is 1.60. The van der Waals surface area contributed by atoms with Crippen LogP contribution < -0.4 is 10.2 Å². The Hall–Kier alpha value is -2.16. The third-order valence-electron chi connectivity index (χ3n) is 4.70. The van der Waals surface area contributed by atoms with Crippen LogP contribution in [0.5, 0.6) is 0 Å². The van der Waals surface area contributed by atoms with E-state index in [1.165, 1.54) is 12.1 Å². The normalized spacial score (nSPS) is 22.6. The van der Waals surface area contributed by atoms with E-state index in [4.69, 9.17) is 0 Å². The largest absolute Gasteiger partial charge is 0.371 e. The van der Waals surface area contributed by atoms with Gasteiger partial charge in [0.25, 0.3) is 11.6 Å². The molecular formula is C16H21N3O5S. The molecule has 2 aliphatic heterocycles. The highest BCUT2D eigenvalue weighted by atomic mass is 32.2. The Bertz CT molecular complexity index is 787. The number of nitrogens with zero attached hydrogens (tertiary/aromatic N) is 2. The van der Waals surface area contributed by atoms with Crippen LogP contribution in [-0.2, 0) is 9.84 Å². The molecule has 1 aromatic carbocycles. The summed E-state index contributed by atoms with van der Waals surface area (Å²) in [5.74, 6) is -0.468. The van der Waals surface area contributed by atoms with Crippen molar-refractivity contribution in [1.29, 1.82) is 0 Å². The molecule has 0 aliphatic carbocycles. The minimum atomic E-state index is -3.11. The van der Waals surface area contributed by atoms with Gasteiger partial charge in [-0.2, -0.15) is 0 Å². The van der Waals surface area contributed by atoms with E-state index < -0.39 is 26.7 Å². The third-order valence-corrected chi connectivity index (χ3v) is 6.47. The Balaban J connectivity index is 1.87. The minimum Gasteiger partial charge on any atom is -0.371 e. The molecule has 0 aromatic heterocycles. The first kappa shape index (κ1) is 17.7. The summed E-state index contributed by atoms with van der Waals surface area (Å²) in [4.78, 5) is 25.3. The second-order valence-electron chi connectivity index (χ2n) is 6.58. The average molecular weight is 367 g/mol. The van der Waals surface area contributed by atoms with E-state index >= 15 is 0 Å². The maximum absolute atomic E-state index is 12.7. The van der Waals surface area contributed by atoms with Gasteiger partial charge in [0.05, 0.1) is 27.7 Å². The predicted octanol–water partition coefficient (Wildman–Crippen LogP) is 1.50. The van der Waals surface area contributed by atoms with Gasteiger partial charge in [0.2, 0.25) is 0 Å². The highest BCUT2D eigenvalue weighted by molar-refractivity contribution is 7.91. The molecule has 25 heavy (non-hydrogen) atoms. The fraction of sp³-hybridized carbons (Fsp3) is 0.562. The van der Waals surface area contributed by atoms with E-state index in [0.29, 0.717) is 12.1 Å². The molecule has 0 radical (unpaired) electrons. The lowest BCUT2D eigenvalue weighted by Gasteiger charge is -2.30. The number of sulfone groups is 1. The smallest absolute Gasteiger partial charge is 0.270 e. The van der Waals surface area contributed by atoms with Crippen LogP contribution in [0.15, 0.2) is 18.2 Å². The van der Waals surface area contributed by atoms with Crippen molar-refractivity contribution in [3.05, 3.63) is 33.9 Å². The molecule has 1 atom stereocenters. The number of benzene rings is 1. The van der Waals surface area contributed by atoms with Crippen LogP contribution in [0, 0.1) is 10.1 Å². The summed E-state index contributed by atoms with van der Waals surface area (Å²) in [6, 6.07) is 3.86. The number of nitro benzene ring substituents is 1. The van der Waals surface area contributed by atoms with E-state index in [1.807, 2.05) is 0 Å².